The van der Waals surface area contributed by atoms with Crippen LogP contribution < -0.4 is 9.64 Å². The molecule has 0 aromatic carbocycles. The Labute approximate surface area is 101 Å². The van der Waals surface area contributed by atoms with E-state index in [4.69, 9.17) is 16.3 Å². The minimum absolute atomic E-state index is 0.0552. The number of ether oxygens (including phenoxy) is 1. The first-order valence-corrected chi connectivity index (χ1v) is 5.25. The second-order valence-electron chi connectivity index (χ2n) is 3.65. The van der Waals surface area contributed by atoms with Crippen LogP contribution >= 0.6 is 11.6 Å². The first-order valence-electron chi connectivity index (χ1n) is 4.87. The maximum atomic E-state index is 12.7. The second-order valence-corrected chi connectivity index (χ2v) is 4.01. The lowest BCUT2D eigenvalue weighted by Gasteiger charge is -2.39. The highest BCUT2D eigenvalue weighted by atomic mass is 35.5. The number of carbonyl (C=O) groups excluding carboxylic acids is 1. The number of aldehydes is 1. The Bertz CT molecular complexity index is 434. The third-order valence-corrected chi connectivity index (χ3v) is 2.55. The van der Waals surface area contributed by atoms with Crippen LogP contribution in [-0.4, -0.2) is 36.9 Å². The van der Waals surface area contributed by atoms with Crippen molar-refractivity contribution in [3.05, 3.63) is 17.3 Å². The monoisotopic (exact) mass is 262 g/mol. The molecular formula is C10H9ClF2N2O2. The number of alkyl halides is 2. The van der Waals surface area contributed by atoms with E-state index in [0.717, 1.165) is 0 Å². The zero-order chi connectivity index (χ0) is 12.5. The summed E-state index contributed by atoms with van der Waals surface area (Å²) in [5.74, 6) is -2.02. The van der Waals surface area contributed by atoms with Crippen LogP contribution in [0, 0.1) is 0 Å². The molecule has 0 atom stereocenters. The number of hydrogen-bond donors (Lipinski definition) is 0. The van der Waals surface area contributed by atoms with Gasteiger partial charge in [0.05, 0.1) is 13.1 Å². The van der Waals surface area contributed by atoms with Crippen LogP contribution in [0.15, 0.2) is 12.1 Å². The van der Waals surface area contributed by atoms with Gasteiger partial charge in [-0.05, 0) is 12.1 Å². The Morgan fingerprint density at radius 3 is 2.76 bits per heavy atom. The van der Waals surface area contributed by atoms with E-state index in [1.807, 2.05) is 0 Å². The summed E-state index contributed by atoms with van der Waals surface area (Å²) in [5.41, 5.74) is 0. The maximum Gasteiger partial charge on any atom is 0.282 e. The summed E-state index contributed by atoms with van der Waals surface area (Å²) >= 11 is 5.80. The molecule has 0 spiro atoms. The summed E-state index contributed by atoms with van der Waals surface area (Å²) in [6.45, 7) is -0.835. The standard InChI is InChI=1S/C10H9ClF2N2O2/c11-9-7(17-4-3-16)1-2-8(14-9)15-5-10(12,13)6-15/h1-3H,4-6H2. The van der Waals surface area contributed by atoms with Crippen molar-refractivity contribution in [3.63, 3.8) is 0 Å². The molecule has 0 amide bonds. The fourth-order valence-corrected chi connectivity index (χ4v) is 1.70. The van der Waals surface area contributed by atoms with E-state index in [2.05, 4.69) is 4.98 Å². The van der Waals surface area contributed by atoms with Gasteiger partial charge in [-0.1, -0.05) is 11.6 Å². The summed E-state index contributed by atoms with van der Waals surface area (Å²) in [4.78, 5) is 15.5. The Morgan fingerprint density at radius 2 is 2.24 bits per heavy atom. The van der Waals surface area contributed by atoms with Gasteiger partial charge in [-0.15, -0.1) is 0 Å². The number of rotatable bonds is 4. The van der Waals surface area contributed by atoms with Crippen LogP contribution in [0.4, 0.5) is 14.6 Å². The van der Waals surface area contributed by atoms with E-state index in [1.54, 1.807) is 0 Å². The van der Waals surface area contributed by atoms with Crippen LogP contribution in [0.3, 0.4) is 0 Å². The zero-order valence-corrected chi connectivity index (χ0v) is 9.45. The predicted octanol–water partition coefficient (Wildman–Crippen LogP) is 1.77. The van der Waals surface area contributed by atoms with Gasteiger partial charge in [0.2, 0.25) is 0 Å². The molecule has 17 heavy (non-hydrogen) atoms. The van der Waals surface area contributed by atoms with Crippen LogP contribution in [0.2, 0.25) is 5.15 Å². The van der Waals surface area contributed by atoms with E-state index in [-0.39, 0.29) is 30.6 Å². The van der Waals surface area contributed by atoms with E-state index >= 15 is 0 Å². The normalized spacial score (nSPS) is 17.5. The van der Waals surface area contributed by atoms with Crippen LogP contribution in [-0.2, 0) is 4.79 Å². The van der Waals surface area contributed by atoms with Gasteiger partial charge in [0, 0.05) is 0 Å². The molecule has 1 saturated heterocycles. The van der Waals surface area contributed by atoms with Gasteiger partial charge >= 0.3 is 0 Å². The third kappa shape index (κ3) is 2.63. The van der Waals surface area contributed by atoms with E-state index in [0.29, 0.717) is 12.1 Å². The van der Waals surface area contributed by atoms with Gasteiger partial charge < -0.3 is 9.64 Å². The van der Waals surface area contributed by atoms with Crippen molar-refractivity contribution in [2.24, 2.45) is 0 Å². The van der Waals surface area contributed by atoms with Crippen LogP contribution in [0.25, 0.3) is 0 Å². The Kier molecular flexibility index (Phi) is 3.15. The number of aromatic nitrogens is 1. The molecule has 0 unspecified atom stereocenters. The largest absolute Gasteiger partial charge is 0.483 e. The molecule has 0 aliphatic carbocycles. The van der Waals surface area contributed by atoms with Crippen LogP contribution in [0.1, 0.15) is 0 Å². The average Bonchev–Trinajstić information content (AvgIpc) is 2.24. The van der Waals surface area contributed by atoms with E-state index < -0.39 is 5.92 Å². The number of hydrogen-bond acceptors (Lipinski definition) is 4. The summed E-state index contributed by atoms with van der Waals surface area (Å²) in [5, 5.41) is 0.0552. The first kappa shape index (κ1) is 12.0. The van der Waals surface area contributed by atoms with Gasteiger partial charge in [-0.2, -0.15) is 0 Å². The molecule has 7 heteroatoms. The topological polar surface area (TPSA) is 42.4 Å². The third-order valence-electron chi connectivity index (χ3n) is 2.28. The summed E-state index contributed by atoms with van der Waals surface area (Å²) in [6.07, 6.45) is 0.584. The predicted molar refractivity (Wildman–Crippen MR) is 58.0 cm³/mol. The molecule has 2 heterocycles. The molecule has 0 bridgehead atoms. The number of anilines is 1. The smallest absolute Gasteiger partial charge is 0.282 e. The highest BCUT2D eigenvalue weighted by Gasteiger charge is 2.44. The van der Waals surface area contributed by atoms with Gasteiger partial charge in [0.25, 0.3) is 5.92 Å². The Balaban J connectivity index is 2.06. The fraction of sp³-hybridized carbons (Fsp3) is 0.400. The van der Waals surface area contributed by atoms with Crippen molar-refractivity contribution in [2.45, 2.75) is 5.92 Å². The van der Waals surface area contributed by atoms with Gasteiger partial charge in [0.15, 0.2) is 17.2 Å². The number of nitrogens with zero attached hydrogens (tertiary/aromatic N) is 2. The molecule has 0 saturated carbocycles. The van der Waals surface area contributed by atoms with Crippen molar-refractivity contribution in [3.8, 4) is 5.75 Å². The molecular weight excluding hydrogens is 254 g/mol. The lowest BCUT2D eigenvalue weighted by Crippen LogP contribution is -2.56. The molecule has 0 N–H and O–H groups in total. The quantitative estimate of drug-likeness (QED) is 0.613. The van der Waals surface area contributed by atoms with Crippen LogP contribution in [0.5, 0.6) is 5.75 Å². The van der Waals surface area contributed by atoms with Crippen molar-refractivity contribution < 1.29 is 18.3 Å². The summed E-state index contributed by atoms with van der Waals surface area (Å²) in [7, 11) is 0. The number of halogens is 3. The highest BCUT2D eigenvalue weighted by Crippen LogP contribution is 2.33. The molecule has 1 aromatic rings. The molecule has 92 valence electrons. The van der Waals surface area contributed by atoms with Crippen molar-refractivity contribution in [1.82, 2.24) is 4.98 Å². The fourth-order valence-electron chi connectivity index (χ4n) is 1.49. The Morgan fingerprint density at radius 1 is 1.53 bits per heavy atom. The molecule has 0 radical (unpaired) electrons. The molecule has 2 rings (SSSR count). The SMILES string of the molecule is O=CCOc1ccc(N2CC(F)(F)C2)nc1Cl. The van der Waals surface area contributed by atoms with E-state index in [9.17, 15) is 13.6 Å². The first-order chi connectivity index (χ1) is 8.02. The lowest BCUT2D eigenvalue weighted by atomic mass is 10.1. The van der Waals surface area contributed by atoms with Gasteiger partial charge in [-0.3, -0.25) is 4.79 Å². The zero-order valence-electron chi connectivity index (χ0n) is 8.70. The van der Waals surface area contributed by atoms with Gasteiger partial charge in [0.1, 0.15) is 12.4 Å². The second kappa shape index (κ2) is 4.44. The summed E-state index contributed by atoms with van der Waals surface area (Å²) < 4.78 is 30.3. The molecule has 1 aliphatic heterocycles. The van der Waals surface area contributed by atoms with E-state index in [1.165, 1.54) is 17.0 Å². The Hall–Kier alpha value is -1.43. The molecule has 4 nitrogen and oxygen atoms in total. The summed E-state index contributed by atoms with van der Waals surface area (Å²) in [6, 6.07) is 3.03. The van der Waals surface area contributed by atoms with Crippen molar-refractivity contribution >= 4 is 23.7 Å². The molecule has 1 fully saturated rings. The molecule has 1 aromatic heterocycles. The lowest BCUT2D eigenvalue weighted by molar-refractivity contribution is -0.109. The minimum atomic E-state index is -2.65. The van der Waals surface area contributed by atoms with Crippen molar-refractivity contribution in [2.75, 3.05) is 24.6 Å². The minimum Gasteiger partial charge on any atom is -0.483 e. The van der Waals surface area contributed by atoms with Gasteiger partial charge in [-0.25, -0.2) is 13.8 Å². The molecule has 1 aliphatic rings. The highest BCUT2D eigenvalue weighted by molar-refractivity contribution is 6.30. The average molecular weight is 263 g/mol. The number of pyridine rings is 1. The van der Waals surface area contributed by atoms with Crippen molar-refractivity contribution in [1.29, 1.82) is 0 Å². The number of carbonyl (C=O) groups is 1. The maximum absolute atomic E-state index is 12.7.